The summed E-state index contributed by atoms with van der Waals surface area (Å²) in [6, 6.07) is 0. The van der Waals surface area contributed by atoms with Gasteiger partial charge in [0.05, 0.1) is 0 Å². The normalized spacial score (nSPS) is 31.4. The van der Waals surface area contributed by atoms with Gasteiger partial charge in [-0.3, -0.25) is 4.79 Å². The number of carbonyl (C=O) groups excluding carboxylic acids is 1. The van der Waals surface area contributed by atoms with Crippen LogP contribution in [0.25, 0.3) is 0 Å². The van der Waals surface area contributed by atoms with Gasteiger partial charge in [-0.05, 0) is 25.2 Å². The summed E-state index contributed by atoms with van der Waals surface area (Å²) in [5, 5.41) is 0. The highest BCUT2D eigenvalue weighted by atomic mass is 16.1. The summed E-state index contributed by atoms with van der Waals surface area (Å²) < 4.78 is 0. The van der Waals surface area contributed by atoms with Crippen LogP contribution in [-0.2, 0) is 4.79 Å². The van der Waals surface area contributed by atoms with Crippen LogP contribution in [0.5, 0.6) is 0 Å². The van der Waals surface area contributed by atoms with Gasteiger partial charge in [0.2, 0.25) is 0 Å². The maximum absolute atomic E-state index is 11.4. The number of rotatable bonds is 3. The van der Waals surface area contributed by atoms with Gasteiger partial charge < -0.3 is 0 Å². The molecule has 0 saturated heterocycles. The molecule has 2 rings (SSSR count). The summed E-state index contributed by atoms with van der Waals surface area (Å²) in [7, 11) is 0. The molecule has 1 heteroatoms. The number of hydrogen-bond acceptors (Lipinski definition) is 1. The van der Waals surface area contributed by atoms with E-state index in [9.17, 15) is 4.79 Å². The molecule has 2 aliphatic carbocycles. The van der Waals surface area contributed by atoms with Crippen LogP contribution in [0.15, 0.2) is 0 Å². The summed E-state index contributed by atoms with van der Waals surface area (Å²) in [5.74, 6) is 1.36. The van der Waals surface area contributed by atoms with Crippen LogP contribution in [0.3, 0.4) is 0 Å². The molecule has 0 heterocycles. The smallest absolute Gasteiger partial charge is 0.139 e. The van der Waals surface area contributed by atoms with E-state index in [0.29, 0.717) is 5.78 Å². The molecule has 68 valence electrons. The first-order valence-corrected chi connectivity index (χ1v) is 5.33. The van der Waals surface area contributed by atoms with Gasteiger partial charge >= 0.3 is 0 Å². The molecule has 0 aliphatic heterocycles. The summed E-state index contributed by atoms with van der Waals surface area (Å²) in [6.45, 7) is 2.23. The predicted molar refractivity (Wildman–Crippen MR) is 48.9 cm³/mol. The van der Waals surface area contributed by atoms with Crippen molar-refractivity contribution < 1.29 is 4.79 Å². The highest BCUT2D eigenvalue weighted by Gasteiger charge is 2.56. The van der Waals surface area contributed by atoms with Crippen LogP contribution in [0.4, 0.5) is 0 Å². The molecular weight excluding hydrogens is 148 g/mol. The number of Topliss-reactive ketones (excluding diaryl/α,β-unsaturated/α-hetero) is 1. The van der Waals surface area contributed by atoms with Crippen molar-refractivity contribution in [3.8, 4) is 0 Å². The minimum absolute atomic E-state index is 0.231. The maximum Gasteiger partial charge on any atom is 0.139 e. The van der Waals surface area contributed by atoms with Crippen LogP contribution < -0.4 is 0 Å². The van der Waals surface area contributed by atoms with Gasteiger partial charge in [0, 0.05) is 11.8 Å². The number of ketones is 1. The maximum atomic E-state index is 11.4. The monoisotopic (exact) mass is 166 g/mol. The fourth-order valence-corrected chi connectivity index (χ4v) is 2.79. The van der Waals surface area contributed by atoms with E-state index in [1.54, 1.807) is 0 Å². The van der Waals surface area contributed by atoms with Crippen LogP contribution in [-0.4, -0.2) is 5.78 Å². The summed E-state index contributed by atoms with van der Waals surface area (Å²) >= 11 is 0. The largest absolute Gasteiger partial charge is 0.299 e. The lowest BCUT2D eigenvalue weighted by molar-refractivity contribution is -0.156. The first-order chi connectivity index (χ1) is 5.79. The van der Waals surface area contributed by atoms with E-state index in [1.165, 1.54) is 38.5 Å². The lowest BCUT2D eigenvalue weighted by atomic mass is 9.48. The SMILES string of the molecule is CCCCC1CC(=O)C12CCC2. The minimum atomic E-state index is 0.231. The quantitative estimate of drug-likeness (QED) is 0.630. The third-order valence-electron chi connectivity index (χ3n) is 3.92. The molecule has 1 unspecified atom stereocenters. The van der Waals surface area contributed by atoms with E-state index >= 15 is 0 Å². The Bertz CT molecular complexity index is 191. The van der Waals surface area contributed by atoms with Gasteiger partial charge in [-0.1, -0.05) is 26.2 Å². The second kappa shape index (κ2) is 2.86. The van der Waals surface area contributed by atoms with Crippen molar-refractivity contribution in [2.45, 2.75) is 51.9 Å². The van der Waals surface area contributed by atoms with Gasteiger partial charge in [0.25, 0.3) is 0 Å². The molecular formula is C11H18O. The molecule has 0 aromatic carbocycles. The van der Waals surface area contributed by atoms with Crippen LogP contribution >= 0.6 is 0 Å². The lowest BCUT2D eigenvalue weighted by Gasteiger charge is -2.54. The second-order valence-electron chi connectivity index (χ2n) is 4.48. The zero-order chi connectivity index (χ0) is 8.60. The molecule has 0 radical (unpaired) electrons. The number of carbonyl (C=O) groups is 1. The second-order valence-corrected chi connectivity index (χ2v) is 4.48. The van der Waals surface area contributed by atoms with Crippen molar-refractivity contribution in [3.63, 3.8) is 0 Å². The molecule has 0 aromatic rings. The lowest BCUT2D eigenvalue weighted by Crippen LogP contribution is -2.54. The highest BCUT2D eigenvalue weighted by Crippen LogP contribution is 2.58. The van der Waals surface area contributed by atoms with Crippen molar-refractivity contribution in [2.75, 3.05) is 0 Å². The van der Waals surface area contributed by atoms with Crippen molar-refractivity contribution in [2.24, 2.45) is 11.3 Å². The molecule has 1 spiro atoms. The molecule has 1 atom stereocenters. The molecule has 2 saturated carbocycles. The molecule has 0 amide bonds. The molecule has 0 N–H and O–H groups in total. The van der Waals surface area contributed by atoms with Crippen molar-refractivity contribution in [1.82, 2.24) is 0 Å². The Morgan fingerprint density at radius 1 is 1.50 bits per heavy atom. The standard InChI is InChI=1S/C11H18O/c1-2-3-5-9-8-10(12)11(9)6-4-7-11/h9H,2-8H2,1H3. The van der Waals surface area contributed by atoms with E-state index in [4.69, 9.17) is 0 Å². The zero-order valence-electron chi connectivity index (χ0n) is 7.94. The topological polar surface area (TPSA) is 17.1 Å². The highest BCUT2D eigenvalue weighted by molar-refractivity contribution is 5.92. The van der Waals surface area contributed by atoms with Crippen molar-refractivity contribution >= 4 is 5.78 Å². The van der Waals surface area contributed by atoms with Crippen LogP contribution in [0.2, 0.25) is 0 Å². The van der Waals surface area contributed by atoms with Crippen LogP contribution in [0, 0.1) is 11.3 Å². The molecule has 2 fully saturated rings. The molecule has 0 bridgehead atoms. The Hall–Kier alpha value is -0.330. The average molecular weight is 166 g/mol. The summed E-state index contributed by atoms with van der Waals surface area (Å²) in [6.07, 6.45) is 8.53. The Morgan fingerprint density at radius 3 is 2.67 bits per heavy atom. The molecule has 2 aliphatic rings. The fourth-order valence-electron chi connectivity index (χ4n) is 2.79. The third kappa shape index (κ3) is 0.949. The zero-order valence-corrected chi connectivity index (χ0v) is 7.94. The minimum Gasteiger partial charge on any atom is -0.299 e. The van der Waals surface area contributed by atoms with Crippen LogP contribution in [0.1, 0.15) is 51.9 Å². The van der Waals surface area contributed by atoms with Gasteiger partial charge in [0.15, 0.2) is 0 Å². The average Bonchev–Trinajstić information content (AvgIpc) is 1.94. The third-order valence-corrected chi connectivity index (χ3v) is 3.92. The van der Waals surface area contributed by atoms with E-state index in [1.807, 2.05) is 0 Å². The number of hydrogen-bond donors (Lipinski definition) is 0. The van der Waals surface area contributed by atoms with E-state index in [0.717, 1.165) is 12.3 Å². The van der Waals surface area contributed by atoms with Gasteiger partial charge in [-0.2, -0.15) is 0 Å². The summed E-state index contributed by atoms with van der Waals surface area (Å²) in [5.41, 5.74) is 0.231. The first-order valence-electron chi connectivity index (χ1n) is 5.33. The molecule has 0 aromatic heterocycles. The first kappa shape index (κ1) is 8.28. The number of unbranched alkanes of at least 4 members (excludes halogenated alkanes) is 1. The Balaban J connectivity index is 1.88. The van der Waals surface area contributed by atoms with E-state index in [-0.39, 0.29) is 5.41 Å². The van der Waals surface area contributed by atoms with Crippen molar-refractivity contribution in [3.05, 3.63) is 0 Å². The predicted octanol–water partition coefficient (Wildman–Crippen LogP) is 2.94. The molecule has 12 heavy (non-hydrogen) atoms. The van der Waals surface area contributed by atoms with Crippen molar-refractivity contribution in [1.29, 1.82) is 0 Å². The van der Waals surface area contributed by atoms with Gasteiger partial charge in [0.1, 0.15) is 5.78 Å². The van der Waals surface area contributed by atoms with Gasteiger partial charge in [-0.15, -0.1) is 0 Å². The van der Waals surface area contributed by atoms with E-state index in [2.05, 4.69) is 6.92 Å². The Morgan fingerprint density at radius 2 is 2.25 bits per heavy atom. The molecule has 1 nitrogen and oxygen atoms in total. The Labute approximate surface area is 74.5 Å². The Kier molecular flexibility index (Phi) is 1.97. The summed E-state index contributed by atoms with van der Waals surface area (Å²) in [4.78, 5) is 11.4. The van der Waals surface area contributed by atoms with Gasteiger partial charge in [-0.25, -0.2) is 0 Å². The fraction of sp³-hybridized carbons (Fsp3) is 0.909. The van der Waals surface area contributed by atoms with E-state index < -0.39 is 0 Å².